The number of aliphatic hydroxyl groups excluding tert-OH is 2. The van der Waals surface area contributed by atoms with Crippen LogP contribution in [-0.2, 0) is 0 Å². The summed E-state index contributed by atoms with van der Waals surface area (Å²) in [5.41, 5.74) is 1.50. The molecule has 0 saturated heterocycles. The van der Waals surface area contributed by atoms with Gasteiger partial charge in [-0.25, -0.2) is 4.79 Å². The van der Waals surface area contributed by atoms with Gasteiger partial charge in [0.15, 0.2) is 0 Å². The van der Waals surface area contributed by atoms with Crippen LogP contribution >= 0.6 is 0 Å². The third kappa shape index (κ3) is 4.81. The van der Waals surface area contributed by atoms with Gasteiger partial charge in [-0.15, -0.1) is 0 Å². The van der Waals surface area contributed by atoms with Gasteiger partial charge in [0, 0.05) is 17.5 Å². The van der Waals surface area contributed by atoms with Crippen LogP contribution in [0.4, 0.5) is 0 Å². The maximum absolute atomic E-state index is 11.2. The third-order valence-electron chi connectivity index (χ3n) is 3.68. The zero-order valence-electron chi connectivity index (χ0n) is 13.9. The minimum absolute atomic E-state index is 0.310. The summed E-state index contributed by atoms with van der Waals surface area (Å²) in [5, 5.41) is 20.4. The average molecular weight is 330 g/mol. The molecule has 128 valence electrons. The van der Waals surface area contributed by atoms with E-state index in [4.69, 9.17) is 9.15 Å². The van der Waals surface area contributed by atoms with Crippen LogP contribution < -0.4 is 10.4 Å². The van der Waals surface area contributed by atoms with E-state index in [2.05, 4.69) is 6.58 Å². The smallest absolute Gasteiger partial charge is 0.336 e. The maximum Gasteiger partial charge on any atom is 0.336 e. The molecule has 0 bridgehead atoms. The van der Waals surface area contributed by atoms with E-state index in [-0.39, 0.29) is 0 Å². The number of aliphatic hydroxyl groups is 2. The molecule has 2 aromatic rings. The van der Waals surface area contributed by atoms with Crippen molar-refractivity contribution < 1.29 is 19.4 Å². The van der Waals surface area contributed by atoms with Crippen LogP contribution in [0.5, 0.6) is 5.75 Å². The first-order valence-electron chi connectivity index (χ1n) is 7.70. The molecule has 0 amide bonds. The van der Waals surface area contributed by atoms with E-state index < -0.39 is 17.8 Å². The molecule has 0 fully saturated rings. The molecule has 2 rings (SSSR count). The lowest BCUT2D eigenvalue weighted by atomic mass is 10.0. The molecular weight excluding hydrogens is 308 g/mol. The Morgan fingerprint density at radius 1 is 1.29 bits per heavy atom. The molecule has 0 radical (unpaired) electrons. The van der Waals surface area contributed by atoms with Crippen molar-refractivity contribution in [2.45, 2.75) is 32.5 Å². The highest BCUT2D eigenvalue weighted by Crippen LogP contribution is 2.19. The SMILES string of the molecule is C=C(C)C(O)C(O)C/C(C)=C/COc1ccc2ccc(=O)oc2c1. The van der Waals surface area contributed by atoms with Gasteiger partial charge >= 0.3 is 5.63 Å². The number of hydrogen-bond donors (Lipinski definition) is 2. The lowest BCUT2D eigenvalue weighted by Crippen LogP contribution is -2.26. The number of fused-ring (bicyclic) bond motifs is 1. The van der Waals surface area contributed by atoms with Crippen LogP contribution in [0.25, 0.3) is 11.0 Å². The maximum atomic E-state index is 11.2. The molecule has 0 aliphatic carbocycles. The Kier molecular flexibility index (Phi) is 5.95. The van der Waals surface area contributed by atoms with Gasteiger partial charge < -0.3 is 19.4 Å². The highest BCUT2D eigenvalue weighted by Gasteiger charge is 2.16. The van der Waals surface area contributed by atoms with Crippen molar-refractivity contribution in [3.63, 3.8) is 0 Å². The van der Waals surface area contributed by atoms with Crippen LogP contribution in [0.2, 0.25) is 0 Å². The van der Waals surface area contributed by atoms with Gasteiger partial charge in [0.1, 0.15) is 24.0 Å². The molecule has 1 aromatic carbocycles. The summed E-state index contributed by atoms with van der Waals surface area (Å²) in [6.45, 7) is 7.47. The standard InChI is InChI=1S/C19H22O5/c1-12(2)19(22)16(20)10-13(3)8-9-23-15-6-4-14-5-7-18(21)24-17(14)11-15/h4-8,11,16,19-20,22H,1,9-10H2,2-3H3/b13-8+. The first-order chi connectivity index (χ1) is 11.4. The van der Waals surface area contributed by atoms with Crippen molar-refractivity contribution in [3.8, 4) is 5.75 Å². The highest BCUT2D eigenvalue weighted by atomic mass is 16.5. The van der Waals surface area contributed by atoms with E-state index in [1.165, 1.54) is 6.07 Å². The second kappa shape index (κ2) is 7.95. The molecule has 0 spiro atoms. The van der Waals surface area contributed by atoms with Crippen molar-refractivity contribution in [1.29, 1.82) is 0 Å². The second-order valence-electron chi connectivity index (χ2n) is 5.88. The third-order valence-corrected chi connectivity index (χ3v) is 3.68. The summed E-state index contributed by atoms with van der Waals surface area (Å²) in [5.74, 6) is 0.586. The van der Waals surface area contributed by atoms with Gasteiger partial charge in [-0.2, -0.15) is 0 Å². The fourth-order valence-corrected chi connectivity index (χ4v) is 2.26. The fourth-order valence-electron chi connectivity index (χ4n) is 2.26. The Balaban J connectivity index is 1.95. The van der Waals surface area contributed by atoms with Gasteiger partial charge in [0.25, 0.3) is 0 Å². The Morgan fingerprint density at radius 2 is 2.00 bits per heavy atom. The molecule has 2 atom stereocenters. The molecule has 0 aliphatic heterocycles. The summed E-state index contributed by atoms with van der Waals surface area (Å²) < 4.78 is 10.7. The van der Waals surface area contributed by atoms with Crippen molar-refractivity contribution in [3.05, 3.63) is 64.6 Å². The van der Waals surface area contributed by atoms with Gasteiger partial charge in [0.2, 0.25) is 0 Å². The van der Waals surface area contributed by atoms with Gasteiger partial charge in [-0.3, -0.25) is 0 Å². The van der Waals surface area contributed by atoms with E-state index in [1.807, 2.05) is 19.1 Å². The predicted octanol–water partition coefficient (Wildman–Crippen LogP) is 2.81. The highest BCUT2D eigenvalue weighted by molar-refractivity contribution is 5.77. The lowest BCUT2D eigenvalue weighted by molar-refractivity contribution is 0.0427. The van der Waals surface area contributed by atoms with E-state index >= 15 is 0 Å². The van der Waals surface area contributed by atoms with Crippen molar-refractivity contribution in [2.24, 2.45) is 0 Å². The average Bonchev–Trinajstić information content (AvgIpc) is 2.53. The monoisotopic (exact) mass is 330 g/mol. The quantitative estimate of drug-likeness (QED) is 0.603. The van der Waals surface area contributed by atoms with E-state index in [0.717, 1.165) is 11.0 Å². The molecule has 2 unspecified atom stereocenters. The number of ether oxygens (including phenoxy) is 1. The molecule has 0 aliphatic rings. The molecular formula is C19H22O5. The first kappa shape index (κ1) is 18.0. The second-order valence-corrected chi connectivity index (χ2v) is 5.88. The Labute approximate surface area is 140 Å². The predicted molar refractivity (Wildman–Crippen MR) is 93.2 cm³/mol. The molecule has 1 heterocycles. The van der Waals surface area contributed by atoms with Crippen molar-refractivity contribution in [2.75, 3.05) is 6.61 Å². The molecule has 5 nitrogen and oxygen atoms in total. The van der Waals surface area contributed by atoms with E-state index in [1.54, 1.807) is 25.1 Å². The normalized spacial score (nSPS) is 14.4. The largest absolute Gasteiger partial charge is 0.489 e. The Bertz CT molecular complexity index is 803. The summed E-state index contributed by atoms with van der Waals surface area (Å²) in [6, 6.07) is 8.35. The van der Waals surface area contributed by atoms with Crippen molar-refractivity contribution >= 4 is 11.0 Å². The number of rotatable bonds is 7. The lowest BCUT2D eigenvalue weighted by Gasteiger charge is -2.18. The summed E-state index contributed by atoms with van der Waals surface area (Å²) in [4.78, 5) is 11.2. The molecule has 1 aromatic heterocycles. The number of benzene rings is 1. The van der Waals surface area contributed by atoms with Gasteiger partial charge in [-0.1, -0.05) is 12.2 Å². The van der Waals surface area contributed by atoms with Crippen molar-refractivity contribution in [1.82, 2.24) is 0 Å². The topological polar surface area (TPSA) is 79.9 Å². The van der Waals surface area contributed by atoms with Crippen LogP contribution in [0.3, 0.4) is 0 Å². The molecule has 2 N–H and O–H groups in total. The number of hydrogen-bond acceptors (Lipinski definition) is 5. The summed E-state index contributed by atoms with van der Waals surface area (Å²) >= 11 is 0. The van der Waals surface area contributed by atoms with Crippen LogP contribution in [-0.4, -0.2) is 29.0 Å². The molecule has 5 heteroatoms. The minimum atomic E-state index is -0.933. The van der Waals surface area contributed by atoms with E-state index in [0.29, 0.717) is 29.9 Å². The molecule has 0 saturated carbocycles. The minimum Gasteiger partial charge on any atom is -0.489 e. The van der Waals surface area contributed by atoms with E-state index in [9.17, 15) is 15.0 Å². The first-order valence-corrected chi connectivity index (χ1v) is 7.70. The van der Waals surface area contributed by atoms with Crippen LogP contribution in [0.1, 0.15) is 20.3 Å². The Morgan fingerprint density at radius 3 is 2.71 bits per heavy atom. The molecule has 24 heavy (non-hydrogen) atoms. The summed E-state index contributed by atoms with van der Waals surface area (Å²) in [7, 11) is 0. The summed E-state index contributed by atoms with van der Waals surface area (Å²) in [6.07, 6.45) is 0.357. The zero-order chi connectivity index (χ0) is 17.7. The van der Waals surface area contributed by atoms with Gasteiger partial charge in [-0.05, 0) is 50.1 Å². The fraction of sp³-hybridized carbons (Fsp3) is 0.316. The van der Waals surface area contributed by atoms with Gasteiger partial charge in [0.05, 0.1) is 6.10 Å². The Hall–Kier alpha value is -2.37. The van der Waals surface area contributed by atoms with Crippen LogP contribution in [0.15, 0.2) is 63.3 Å². The zero-order valence-corrected chi connectivity index (χ0v) is 13.9. The van der Waals surface area contributed by atoms with Crippen LogP contribution in [0, 0.1) is 0 Å².